The third-order valence-corrected chi connectivity index (χ3v) is 6.03. The molecule has 3 aliphatic rings. The number of alkyl halides is 3. The molecule has 4 rings (SSSR count). The zero-order chi connectivity index (χ0) is 21.8. The number of ether oxygens (including phenoxy) is 1. The zero-order valence-corrected chi connectivity index (χ0v) is 16.8. The van der Waals surface area contributed by atoms with Gasteiger partial charge in [0.2, 0.25) is 11.8 Å². The lowest BCUT2D eigenvalue weighted by Crippen LogP contribution is -2.55. The number of rotatable bonds is 4. The van der Waals surface area contributed by atoms with Gasteiger partial charge in [-0.15, -0.1) is 0 Å². The van der Waals surface area contributed by atoms with E-state index in [1.165, 1.54) is 0 Å². The molecule has 0 saturated carbocycles. The Morgan fingerprint density at radius 1 is 1.20 bits per heavy atom. The van der Waals surface area contributed by atoms with E-state index in [-0.39, 0.29) is 30.5 Å². The van der Waals surface area contributed by atoms with Crippen molar-refractivity contribution in [2.75, 3.05) is 29.4 Å². The average molecular weight is 432 g/mol. The van der Waals surface area contributed by atoms with Gasteiger partial charge < -0.3 is 14.5 Å². The lowest BCUT2D eigenvalue weighted by atomic mass is 10.1. The number of nitrogens with zero attached hydrogens (tertiary/aromatic N) is 4. The van der Waals surface area contributed by atoms with Gasteiger partial charge in [0.15, 0.2) is 11.6 Å². The van der Waals surface area contributed by atoms with Crippen LogP contribution in [0.25, 0.3) is 0 Å². The summed E-state index contributed by atoms with van der Waals surface area (Å²) >= 11 is 0. The van der Waals surface area contributed by atoms with Crippen molar-refractivity contribution in [2.45, 2.75) is 64.1 Å². The summed E-state index contributed by atoms with van der Waals surface area (Å²) in [5, 5.41) is 0. The predicted octanol–water partition coefficient (Wildman–Crippen LogP) is 2.12. The first-order valence-corrected chi connectivity index (χ1v) is 10.1. The summed E-state index contributed by atoms with van der Waals surface area (Å²) in [6.45, 7) is 2.95. The number of aromatic nitrogens is 2. The Morgan fingerprint density at radius 2 is 1.83 bits per heavy atom. The fourth-order valence-corrected chi connectivity index (χ4v) is 4.35. The summed E-state index contributed by atoms with van der Waals surface area (Å²) in [5.74, 6) is -2.56. The van der Waals surface area contributed by atoms with Crippen LogP contribution >= 0.6 is 0 Å². The van der Waals surface area contributed by atoms with Crippen molar-refractivity contribution >= 4 is 17.5 Å². The zero-order valence-electron chi connectivity index (χ0n) is 16.8. The van der Waals surface area contributed by atoms with Crippen LogP contribution < -0.4 is 15.4 Å². The van der Waals surface area contributed by atoms with Gasteiger partial charge in [-0.05, 0) is 19.3 Å². The number of hydrogen-bond donors (Lipinski definition) is 0. The SMILES string of the molecule is CC(C)C(=O)CN1c2nc(N3CC4CCC(C3)O4)c(F)c(=O)n2CC[C@H]1C(F)(F)F. The summed E-state index contributed by atoms with van der Waals surface area (Å²) in [4.78, 5) is 31.5. The maximum Gasteiger partial charge on any atom is 0.408 e. The van der Waals surface area contributed by atoms with Crippen molar-refractivity contribution in [3.05, 3.63) is 16.2 Å². The van der Waals surface area contributed by atoms with Crippen LogP contribution in [-0.4, -0.2) is 59.4 Å². The Morgan fingerprint density at radius 3 is 2.40 bits per heavy atom. The first-order chi connectivity index (χ1) is 14.1. The molecular weight excluding hydrogens is 408 g/mol. The number of hydrogen-bond acceptors (Lipinski definition) is 6. The van der Waals surface area contributed by atoms with Crippen molar-refractivity contribution < 1.29 is 27.1 Å². The van der Waals surface area contributed by atoms with Crippen molar-refractivity contribution in [1.82, 2.24) is 9.55 Å². The van der Waals surface area contributed by atoms with E-state index in [0.717, 1.165) is 22.3 Å². The molecule has 0 spiro atoms. The number of ketones is 1. The summed E-state index contributed by atoms with van der Waals surface area (Å²) in [6, 6.07) is -1.97. The molecule has 0 amide bonds. The van der Waals surface area contributed by atoms with Crippen LogP contribution in [0.1, 0.15) is 33.1 Å². The third-order valence-electron chi connectivity index (χ3n) is 6.03. The molecule has 0 N–H and O–H groups in total. The minimum absolute atomic E-state index is 0.120. The lowest BCUT2D eigenvalue weighted by molar-refractivity contribution is -0.153. The summed E-state index contributed by atoms with van der Waals surface area (Å²) in [5.41, 5.74) is -1.02. The molecule has 11 heteroatoms. The van der Waals surface area contributed by atoms with E-state index in [1.807, 2.05) is 0 Å². The van der Waals surface area contributed by atoms with E-state index in [1.54, 1.807) is 18.7 Å². The van der Waals surface area contributed by atoms with Gasteiger partial charge >= 0.3 is 6.18 Å². The first kappa shape index (κ1) is 21.1. The van der Waals surface area contributed by atoms with Crippen molar-refractivity contribution in [1.29, 1.82) is 0 Å². The van der Waals surface area contributed by atoms with Crippen LogP contribution in [0, 0.1) is 11.7 Å². The maximum atomic E-state index is 14.9. The Balaban J connectivity index is 1.78. The summed E-state index contributed by atoms with van der Waals surface area (Å²) in [6.07, 6.45) is -3.71. The summed E-state index contributed by atoms with van der Waals surface area (Å²) in [7, 11) is 0. The molecule has 1 aromatic rings. The number of carbonyl (C=O) groups is 1. The number of fused-ring (bicyclic) bond motifs is 3. The largest absolute Gasteiger partial charge is 0.408 e. The number of morpholine rings is 1. The van der Waals surface area contributed by atoms with E-state index < -0.39 is 48.3 Å². The van der Waals surface area contributed by atoms with Crippen molar-refractivity contribution in [3.8, 4) is 0 Å². The molecule has 2 saturated heterocycles. The molecule has 3 atom stereocenters. The third kappa shape index (κ3) is 3.67. The topological polar surface area (TPSA) is 67.7 Å². The molecule has 2 unspecified atom stereocenters. The standard InChI is InChI=1S/C19H24F4N4O3/c1-10(2)13(28)9-27-14(19(21,22)23)5-6-26-17(29)15(20)16(24-18(26)27)25-7-11-3-4-12(8-25)30-11/h10-12,14H,3-9H2,1-2H3/t11?,12?,14-/m0/s1. The van der Waals surface area contributed by atoms with E-state index in [0.29, 0.717) is 13.1 Å². The Kier molecular flexibility index (Phi) is 5.27. The van der Waals surface area contributed by atoms with Gasteiger partial charge in [-0.3, -0.25) is 14.2 Å². The molecule has 4 heterocycles. The van der Waals surface area contributed by atoms with E-state index in [9.17, 15) is 27.2 Å². The van der Waals surface area contributed by atoms with Crippen LogP contribution in [0.4, 0.5) is 29.3 Å². The minimum Gasteiger partial charge on any atom is -0.371 e. The number of halogens is 4. The lowest BCUT2D eigenvalue weighted by Gasteiger charge is -2.40. The average Bonchev–Trinajstić information content (AvgIpc) is 3.01. The molecular formula is C19H24F4N4O3. The van der Waals surface area contributed by atoms with E-state index in [2.05, 4.69) is 4.98 Å². The highest BCUT2D eigenvalue weighted by Crippen LogP contribution is 2.36. The molecule has 0 aliphatic carbocycles. The fourth-order valence-electron chi connectivity index (χ4n) is 4.35. The first-order valence-electron chi connectivity index (χ1n) is 10.1. The highest BCUT2D eigenvalue weighted by atomic mass is 19.4. The van der Waals surface area contributed by atoms with Crippen LogP contribution in [0.2, 0.25) is 0 Å². The Labute approximate surface area is 170 Å². The quantitative estimate of drug-likeness (QED) is 0.679. The van der Waals surface area contributed by atoms with Gasteiger partial charge in [0, 0.05) is 25.6 Å². The van der Waals surface area contributed by atoms with Crippen molar-refractivity contribution in [2.24, 2.45) is 5.92 Å². The molecule has 0 radical (unpaired) electrons. The number of anilines is 2. The van der Waals surface area contributed by atoms with Crippen LogP contribution in [0.3, 0.4) is 0 Å². The Hall–Kier alpha value is -2.17. The van der Waals surface area contributed by atoms with Gasteiger partial charge in [-0.1, -0.05) is 13.8 Å². The molecule has 2 fully saturated rings. The van der Waals surface area contributed by atoms with Gasteiger partial charge in [-0.2, -0.15) is 22.5 Å². The van der Waals surface area contributed by atoms with Gasteiger partial charge in [0.05, 0.1) is 18.8 Å². The van der Waals surface area contributed by atoms with Gasteiger partial charge in [-0.25, -0.2) is 0 Å². The number of carbonyl (C=O) groups excluding carboxylic acids is 1. The molecule has 7 nitrogen and oxygen atoms in total. The smallest absolute Gasteiger partial charge is 0.371 e. The molecule has 30 heavy (non-hydrogen) atoms. The van der Waals surface area contributed by atoms with E-state index >= 15 is 0 Å². The highest BCUT2D eigenvalue weighted by Gasteiger charge is 2.48. The highest BCUT2D eigenvalue weighted by molar-refractivity contribution is 5.85. The second-order valence-electron chi connectivity index (χ2n) is 8.46. The Bertz CT molecular complexity index is 889. The second kappa shape index (κ2) is 7.51. The monoisotopic (exact) mass is 432 g/mol. The van der Waals surface area contributed by atoms with Crippen LogP contribution in [-0.2, 0) is 16.1 Å². The molecule has 3 aliphatic heterocycles. The van der Waals surface area contributed by atoms with Gasteiger partial charge in [0.25, 0.3) is 5.56 Å². The molecule has 0 aromatic carbocycles. The van der Waals surface area contributed by atoms with Crippen LogP contribution in [0.15, 0.2) is 4.79 Å². The van der Waals surface area contributed by atoms with Gasteiger partial charge in [0.1, 0.15) is 6.04 Å². The summed E-state index contributed by atoms with van der Waals surface area (Å²) < 4.78 is 62.7. The normalized spacial score (nSPS) is 26.3. The van der Waals surface area contributed by atoms with Crippen LogP contribution in [0.5, 0.6) is 0 Å². The van der Waals surface area contributed by atoms with Crippen molar-refractivity contribution in [3.63, 3.8) is 0 Å². The minimum atomic E-state index is -4.62. The fraction of sp³-hybridized carbons (Fsp3) is 0.737. The number of Topliss-reactive ketones (excluding diaryl/α,β-unsaturated/α-hetero) is 1. The molecule has 1 aromatic heterocycles. The molecule has 166 valence electrons. The second-order valence-corrected chi connectivity index (χ2v) is 8.46. The van der Waals surface area contributed by atoms with E-state index in [4.69, 9.17) is 4.74 Å². The maximum absolute atomic E-state index is 14.9. The predicted molar refractivity (Wildman–Crippen MR) is 100 cm³/mol. The molecule has 2 bridgehead atoms.